The fourth-order valence-electron chi connectivity index (χ4n) is 3.53. The van der Waals surface area contributed by atoms with Gasteiger partial charge in [0.25, 0.3) is 0 Å². The zero-order valence-corrected chi connectivity index (χ0v) is 16.3. The Morgan fingerprint density at radius 3 is 2.46 bits per heavy atom. The Labute approximate surface area is 166 Å². The molecule has 2 heteroatoms. The molecule has 0 unspecified atom stereocenters. The predicted octanol–water partition coefficient (Wildman–Crippen LogP) is 5.95. The minimum absolute atomic E-state index is 0.678. The number of benzene rings is 3. The van der Waals surface area contributed by atoms with Crippen molar-refractivity contribution in [2.24, 2.45) is 0 Å². The molecule has 4 aromatic rings. The van der Waals surface area contributed by atoms with Gasteiger partial charge in [-0.1, -0.05) is 72.8 Å². The summed E-state index contributed by atoms with van der Waals surface area (Å²) >= 11 is 0. The molecule has 4 rings (SSSR count). The Hall–Kier alpha value is -3.13. The van der Waals surface area contributed by atoms with Gasteiger partial charge in [0.1, 0.15) is 5.75 Å². The van der Waals surface area contributed by atoms with Gasteiger partial charge >= 0.3 is 0 Å². The van der Waals surface area contributed by atoms with Gasteiger partial charge in [-0.2, -0.15) is 0 Å². The number of pyridine rings is 1. The van der Waals surface area contributed by atoms with E-state index in [0.29, 0.717) is 6.61 Å². The summed E-state index contributed by atoms with van der Waals surface area (Å²) in [6.07, 6.45) is 4.72. The predicted molar refractivity (Wildman–Crippen MR) is 116 cm³/mol. The lowest BCUT2D eigenvalue weighted by atomic mass is 10.00. The number of hydrogen-bond donors (Lipinski definition) is 0. The van der Waals surface area contributed by atoms with Crippen LogP contribution in [0.15, 0.2) is 85.1 Å². The van der Waals surface area contributed by atoms with Crippen molar-refractivity contribution < 1.29 is 4.74 Å². The summed E-state index contributed by atoms with van der Waals surface area (Å²) < 4.78 is 6.06. The number of aryl methyl sites for hydroxylation is 3. The molecule has 0 fully saturated rings. The van der Waals surface area contributed by atoms with E-state index in [1.165, 1.54) is 21.9 Å². The monoisotopic (exact) mass is 367 g/mol. The standard InChI is InChI=1S/C26H25NO/c1-20-19-27-24(18-26(20)28-17-16-21-8-3-2-4-9-21)15-14-23-12-7-11-22-10-5-6-13-25(22)23/h2-13,18-19H,14-17H2,1H3. The van der Waals surface area contributed by atoms with E-state index in [1.54, 1.807) is 0 Å². The van der Waals surface area contributed by atoms with Crippen molar-refractivity contribution in [3.8, 4) is 5.75 Å². The highest BCUT2D eigenvalue weighted by molar-refractivity contribution is 5.85. The van der Waals surface area contributed by atoms with Crippen LogP contribution in [0.25, 0.3) is 10.8 Å². The normalized spacial score (nSPS) is 10.9. The molecule has 0 spiro atoms. The Morgan fingerprint density at radius 2 is 1.57 bits per heavy atom. The summed E-state index contributed by atoms with van der Waals surface area (Å²) in [6, 6.07) is 27.6. The Kier molecular flexibility index (Phi) is 5.67. The smallest absolute Gasteiger partial charge is 0.125 e. The quantitative estimate of drug-likeness (QED) is 0.403. The zero-order valence-electron chi connectivity index (χ0n) is 16.3. The first kappa shape index (κ1) is 18.2. The molecule has 0 bridgehead atoms. The van der Waals surface area contributed by atoms with E-state index in [-0.39, 0.29) is 0 Å². The average molecular weight is 367 g/mol. The first-order valence-electron chi connectivity index (χ1n) is 9.88. The second-order valence-electron chi connectivity index (χ2n) is 7.16. The molecule has 28 heavy (non-hydrogen) atoms. The fourth-order valence-corrected chi connectivity index (χ4v) is 3.53. The number of hydrogen-bond acceptors (Lipinski definition) is 2. The van der Waals surface area contributed by atoms with Gasteiger partial charge < -0.3 is 4.74 Å². The van der Waals surface area contributed by atoms with Crippen LogP contribution in [0.3, 0.4) is 0 Å². The highest BCUT2D eigenvalue weighted by Gasteiger charge is 2.06. The first-order chi connectivity index (χ1) is 13.8. The fraction of sp³-hybridized carbons (Fsp3) is 0.192. The molecule has 0 atom stereocenters. The van der Waals surface area contributed by atoms with E-state index in [9.17, 15) is 0 Å². The number of aromatic nitrogens is 1. The number of nitrogens with zero attached hydrogens (tertiary/aromatic N) is 1. The van der Waals surface area contributed by atoms with Gasteiger partial charge in [0.15, 0.2) is 0 Å². The van der Waals surface area contributed by atoms with Crippen molar-refractivity contribution in [3.05, 3.63) is 107 Å². The van der Waals surface area contributed by atoms with E-state index >= 15 is 0 Å². The maximum atomic E-state index is 6.06. The number of rotatable bonds is 7. The summed E-state index contributed by atoms with van der Waals surface area (Å²) in [5.74, 6) is 0.943. The lowest BCUT2D eigenvalue weighted by Crippen LogP contribution is -2.04. The summed E-state index contributed by atoms with van der Waals surface area (Å²) in [5, 5.41) is 2.62. The second-order valence-corrected chi connectivity index (χ2v) is 7.16. The molecule has 140 valence electrons. The molecule has 1 aromatic heterocycles. The third-order valence-electron chi connectivity index (χ3n) is 5.13. The van der Waals surface area contributed by atoms with Crippen molar-refractivity contribution in [2.75, 3.05) is 6.61 Å². The molecule has 0 radical (unpaired) electrons. The number of fused-ring (bicyclic) bond motifs is 1. The molecule has 0 aliphatic heterocycles. The van der Waals surface area contributed by atoms with Crippen molar-refractivity contribution in [1.29, 1.82) is 0 Å². The average Bonchev–Trinajstić information content (AvgIpc) is 2.75. The molecule has 0 aliphatic rings. The summed E-state index contributed by atoms with van der Waals surface area (Å²) in [4.78, 5) is 4.62. The Balaban J connectivity index is 1.42. The van der Waals surface area contributed by atoms with Gasteiger partial charge in [-0.3, -0.25) is 4.98 Å². The van der Waals surface area contributed by atoms with E-state index in [4.69, 9.17) is 4.74 Å². The van der Waals surface area contributed by atoms with Gasteiger partial charge in [0.05, 0.1) is 6.61 Å². The second kappa shape index (κ2) is 8.71. The molecule has 0 saturated heterocycles. The van der Waals surface area contributed by atoms with Crippen molar-refractivity contribution in [2.45, 2.75) is 26.2 Å². The third kappa shape index (κ3) is 4.40. The van der Waals surface area contributed by atoms with E-state index in [0.717, 1.165) is 36.3 Å². The van der Waals surface area contributed by atoms with Crippen molar-refractivity contribution in [1.82, 2.24) is 4.98 Å². The molecule has 2 nitrogen and oxygen atoms in total. The van der Waals surface area contributed by atoms with E-state index < -0.39 is 0 Å². The van der Waals surface area contributed by atoms with Gasteiger partial charge in [-0.25, -0.2) is 0 Å². The maximum Gasteiger partial charge on any atom is 0.125 e. The lowest BCUT2D eigenvalue weighted by molar-refractivity contribution is 0.319. The molecule has 0 N–H and O–H groups in total. The molecular formula is C26H25NO. The summed E-state index contributed by atoms with van der Waals surface area (Å²) in [7, 11) is 0. The largest absolute Gasteiger partial charge is 0.493 e. The Morgan fingerprint density at radius 1 is 0.786 bits per heavy atom. The summed E-state index contributed by atoms with van der Waals surface area (Å²) in [6.45, 7) is 2.73. The van der Waals surface area contributed by atoms with Crippen LogP contribution in [0, 0.1) is 6.92 Å². The van der Waals surface area contributed by atoms with E-state index in [1.807, 2.05) is 12.3 Å². The van der Waals surface area contributed by atoms with Crippen LogP contribution >= 0.6 is 0 Å². The van der Waals surface area contributed by atoms with Crippen LogP contribution in [0.1, 0.15) is 22.4 Å². The van der Waals surface area contributed by atoms with Crippen LogP contribution in [0.2, 0.25) is 0 Å². The van der Waals surface area contributed by atoms with Crippen LogP contribution in [0.4, 0.5) is 0 Å². The van der Waals surface area contributed by atoms with Crippen LogP contribution in [-0.4, -0.2) is 11.6 Å². The highest BCUT2D eigenvalue weighted by atomic mass is 16.5. The van der Waals surface area contributed by atoms with Crippen LogP contribution in [0.5, 0.6) is 5.75 Å². The molecule has 3 aromatic carbocycles. The molecular weight excluding hydrogens is 342 g/mol. The van der Waals surface area contributed by atoms with Gasteiger partial charge in [-0.15, -0.1) is 0 Å². The minimum atomic E-state index is 0.678. The summed E-state index contributed by atoms with van der Waals surface area (Å²) in [5.41, 5.74) is 4.83. The zero-order chi connectivity index (χ0) is 19.2. The van der Waals surface area contributed by atoms with Crippen molar-refractivity contribution >= 4 is 10.8 Å². The maximum absolute atomic E-state index is 6.06. The highest BCUT2D eigenvalue weighted by Crippen LogP contribution is 2.22. The van der Waals surface area contributed by atoms with Gasteiger partial charge in [0.2, 0.25) is 0 Å². The van der Waals surface area contributed by atoms with Crippen molar-refractivity contribution in [3.63, 3.8) is 0 Å². The first-order valence-corrected chi connectivity index (χ1v) is 9.88. The SMILES string of the molecule is Cc1cnc(CCc2cccc3ccccc23)cc1OCCc1ccccc1. The minimum Gasteiger partial charge on any atom is -0.493 e. The van der Waals surface area contributed by atoms with Gasteiger partial charge in [0, 0.05) is 29.9 Å². The van der Waals surface area contributed by atoms with Gasteiger partial charge in [-0.05, 0) is 41.7 Å². The number of ether oxygens (including phenoxy) is 1. The molecule has 0 aliphatic carbocycles. The molecule has 0 amide bonds. The van der Waals surface area contributed by atoms with Crippen LogP contribution in [-0.2, 0) is 19.3 Å². The van der Waals surface area contributed by atoms with Crippen LogP contribution < -0.4 is 4.74 Å². The Bertz CT molecular complexity index is 1050. The molecule has 0 saturated carbocycles. The third-order valence-corrected chi connectivity index (χ3v) is 5.13. The van der Waals surface area contributed by atoms with E-state index in [2.05, 4.69) is 84.7 Å². The lowest BCUT2D eigenvalue weighted by Gasteiger charge is -2.11. The molecule has 1 heterocycles. The topological polar surface area (TPSA) is 22.1 Å².